The van der Waals surface area contributed by atoms with Crippen molar-refractivity contribution in [2.24, 2.45) is 4.99 Å². The Morgan fingerprint density at radius 1 is 1.00 bits per heavy atom. The Balaban J connectivity index is 2.02. The molecule has 0 saturated carbocycles. The molecule has 15 heavy (non-hydrogen) atoms. The zero-order valence-corrected chi connectivity index (χ0v) is 8.27. The first-order valence-corrected chi connectivity index (χ1v) is 5.06. The monoisotopic (exact) mass is 192 g/mol. The lowest BCUT2D eigenvalue weighted by molar-refractivity contribution is 1.39. The predicted molar refractivity (Wildman–Crippen MR) is 61.6 cm³/mol. The van der Waals surface area contributed by atoms with Crippen LogP contribution in [0.15, 0.2) is 53.5 Å². The summed E-state index contributed by atoms with van der Waals surface area (Å²) in [7, 11) is 0. The molecule has 1 aliphatic heterocycles. The van der Waals surface area contributed by atoms with E-state index in [1.807, 2.05) is 24.3 Å². The number of aliphatic imine (C=N–C) groups is 1. The van der Waals surface area contributed by atoms with Crippen LogP contribution in [0.2, 0.25) is 0 Å². The van der Waals surface area contributed by atoms with E-state index in [9.17, 15) is 0 Å². The van der Waals surface area contributed by atoms with Crippen molar-refractivity contribution < 1.29 is 0 Å². The molecule has 0 bridgehead atoms. The molecule has 1 heterocycles. The van der Waals surface area contributed by atoms with Gasteiger partial charge in [0.2, 0.25) is 0 Å². The van der Waals surface area contributed by atoms with Gasteiger partial charge >= 0.3 is 0 Å². The lowest BCUT2D eigenvalue weighted by Gasteiger charge is -2.06. The van der Waals surface area contributed by atoms with Crippen molar-refractivity contribution in [1.82, 2.24) is 0 Å². The largest absolute Gasteiger partial charge is 0.300 e. The second-order valence-corrected chi connectivity index (χ2v) is 3.64. The van der Waals surface area contributed by atoms with E-state index < -0.39 is 0 Å². The summed E-state index contributed by atoms with van der Waals surface area (Å²) in [5.74, 6) is 0. The van der Waals surface area contributed by atoms with Crippen molar-refractivity contribution in [1.29, 1.82) is 0 Å². The van der Waals surface area contributed by atoms with Crippen LogP contribution in [-0.4, -0.2) is 5.71 Å². The standard InChI is InChI=1S/C14H10N/c1-2-6-11(7-3-1)14-10-12-8-4-5-9-13(12)15-14/h1-6,8-9H,10H2/q-1. The van der Waals surface area contributed by atoms with Crippen LogP contribution in [0.4, 0.5) is 5.69 Å². The molecule has 0 N–H and O–H groups in total. The first kappa shape index (κ1) is 8.42. The second-order valence-electron chi connectivity index (χ2n) is 3.64. The Morgan fingerprint density at radius 3 is 2.67 bits per heavy atom. The molecule has 0 saturated heterocycles. The summed E-state index contributed by atoms with van der Waals surface area (Å²) in [5.41, 5.74) is 4.64. The Labute approximate surface area is 89.1 Å². The van der Waals surface area contributed by atoms with Gasteiger partial charge in [0, 0.05) is 0 Å². The van der Waals surface area contributed by atoms with Gasteiger partial charge in [0.15, 0.2) is 0 Å². The minimum Gasteiger partial charge on any atom is -0.300 e. The van der Waals surface area contributed by atoms with Crippen molar-refractivity contribution in [3.05, 3.63) is 65.7 Å². The number of benzene rings is 2. The average Bonchev–Trinajstić information content (AvgIpc) is 2.74. The molecule has 1 heteroatoms. The smallest absolute Gasteiger partial charge is 0.0547 e. The maximum atomic E-state index is 4.61. The highest BCUT2D eigenvalue weighted by atomic mass is 14.8. The highest BCUT2D eigenvalue weighted by Crippen LogP contribution is 2.27. The predicted octanol–water partition coefficient (Wildman–Crippen LogP) is 3.16. The number of fused-ring (bicyclic) bond motifs is 1. The highest BCUT2D eigenvalue weighted by molar-refractivity contribution is 6.06. The first-order chi connectivity index (χ1) is 7.43. The third-order valence-corrected chi connectivity index (χ3v) is 2.62. The number of nitrogens with zero attached hydrogens (tertiary/aromatic N) is 1. The fourth-order valence-electron chi connectivity index (χ4n) is 1.86. The molecule has 2 aromatic carbocycles. The Hall–Kier alpha value is -1.89. The van der Waals surface area contributed by atoms with E-state index in [1.165, 1.54) is 5.56 Å². The molecule has 0 aliphatic carbocycles. The Morgan fingerprint density at radius 2 is 1.87 bits per heavy atom. The third kappa shape index (κ3) is 1.46. The Kier molecular flexibility index (Phi) is 1.88. The maximum absolute atomic E-state index is 4.61. The van der Waals surface area contributed by atoms with Crippen LogP contribution in [0.1, 0.15) is 11.1 Å². The topological polar surface area (TPSA) is 12.4 Å². The molecule has 3 rings (SSSR count). The van der Waals surface area contributed by atoms with Gasteiger partial charge in [0.1, 0.15) is 0 Å². The molecule has 0 radical (unpaired) electrons. The zero-order chi connectivity index (χ0) is 10.1. The summed E-state index contributed by atoms with van der Waals surface area (Å²) in [4.78, 5) is 4.61. The van der Waals surface area contributed by atoms with Crippen LogP contribution >= 0.6 is 0 Å². The van der Waals surface area contributed by atoms with Crippen molar-refractivity contribution in [2.45, 2.75) is 6.42 Å². The van der Waals surface area contributed by atoms with Gasteiger partial charge in [-0.25, -0.2) is 0 Å². The summed E-state index contributed by atoms with van der Waals surface area (Å²) >= 11 is 0. The molecule has 0 spiro atoms. The van der Waals surface area contributed by atoms with Crippen LogP contribution in [0.3, 0.4) is 0 Å². The number of hydrogen-bond acceptors (Lipinski definition) is 1. The van der Waals surface area contributed by atoms with Crippen molar-refractivity contribution in [3.8, 4) is 0 Å². The van der Waals surface area contributed by atoms with Crippen molar-refractivity contribution >= 4 is 11.4 Å². The van der Waals surface area contributed by atoms with E-state index in [0.717, 1.165) is 23.4 Å². The molecule has 0 unspecified atom stereocenters. The van der Waals surface area contributed by atoms with Gasteiger partial charge in [-0.3, -0.25) is 0 Å². The molecular weight excluding hydrogens is 182 g/mol. The molecule has 0 atom stereocenters. The molecule has 1 aliphatic rings. The van der Waals surface area contributed by atoms with E-state index >= 15 is 0 Å². The molecule has 2 aromatic rings. The van der Waals surface area contributed by atoms with Crippen molar-refractivity contribution in [2.75, 3.05) is 0 Å². The summed E-state index contributed by atoms with van der Waals surface area (Å²) in [6.45, 7) is 0. The van der Waals surface area contributed by atoms with Gasteiger partial charge in [-0.2, -0.15) is 0 Å². The third-order valence-electron chi connectivity index (χ3n) is 2.62. The first-order valence-electron chi connectivity index (χ1n) is 5.06. The van der Waals surface area contributed by atoms with E-state index in [4.69, 9.17) is 0 Å². The van der Waals surface area contributed by atoms with Crippen LogP contribution in [0.5, 0.6) is 0 Å². The number of rotatable bonds is 1. The Bertz CT molecular complexity index is 512. The maximum Gasteiger partial charge on any atom is 0.0547 e. The minimum absolute atomic E-state index is 0.927. The molecule has 0 aromatic heterocycles. The van der Waals surface area contributed by atoms with Gasteiger partial charge in [-0.15, -0.1) is 35.9 Å². The normalized spacial score (nSPS) is 13.5. The summed E-state index contributed by atoms with van der Waals surface area (Å²) in [6.07, 6.45) is 0.927. The van der Waals surface area contributed by atoms with E-state index in [0.29, 0.717) is 0 Å². The van der Waals surface area contributed by atoms with Gasteiger partial charge in [0.25, 0.3) is 0 Å². The molecule has 0 amide bonds. The number of hydrogen-bond donors (Lipinski definition) is 0. The number of para-hydroxylation sites is 1. The minimum atomic E-state index is 0.927. The van der Waals surface area contributed by atoms with E-state index in [2.05, 4.69) is 35.3 Å². The second kappa shape index (κ2) is 3.35. The lowest BCUT2D eigenvalue weighted by Crippen LogP contribution is -1.99. The highest BCUT2D eigenvalue weighted by Gasteiger charge is 2.09. The fraction of sp³-hybridized carbons (Fsp3) is 0.0714. The molecule has 72 valence electrons. The fourth-order valence-corrected chi connectivity index (χ4v) is 1.86. The van der Waals surface area contributed by atoms with Gasteiger partial charge < -0.3 is 4.99 Å². The quantitative estimate of drug-likeness (QED) is 0.615. The van der Waals surface area contributed by atoms with E-state index in [-0.39, 0.29) is 0 Å². The summed E-state index contributed by atoms with van der Waals surface area (Å²) in [5, 5.41) is 0. The van der Waals surface area contributed by atoms with Crippen LogP contribution in [-0.2, 0) is 6.42 Å². The van der Waals surface area contributed by atoms with E-state index in [1.54, 1.807) is 0 Å². The average molecular weight is 192 g/mol. The zero-order valence-electron chi connectivity index (χ0n) is 8.27. The summed E-state index contributed by atoms with van der Waals surface area (Å²) in [6, 6.07) is 19.5. The molecular formula is C14H10N-. The van der Waals surface area contributed by atoms with Gasteiger partial charge in [-0.1, -0.05) is 18.2 Å². The van der Waals surface area contributed by atoms with Gasteiger partial charge in [0.05, 0.1) is 5.69 Å². The lowest BCUT2D eigenvalue weighted by atomic mass is 10.0. The van der Waals surface area contributed by atoms with Crippen LogP contribution in [0.25, 0.3) is 0 Å². The van der Waals surface area contributed by atoms with Gasteiger partial charge in [-0.05, 0) is 23.8 Å². The van der Waals surface area contributed by atoms with Crippen LogP contribution in [0, 0.1) is 6.07 Å². The SMILES string of the molecule is [c-]1ccccc1C1=Nc2ccccc2C1. The summed E-state index contributed by atoms with van der Waals surface area (Å²) < 4.78 is 0. The van der Waals surface area contributed by atoms with Crippen LogP contribution < -0.4 is 0 Å². The molecule has 1 nitrogen and oxygen atoms in total. The molecule has 0 fully saturated rings. The van der Waals surface area contributed by atoms with Crippen molar-refractivity contribution in [3.63, 3.8) is 0 Å².